The van der Waals surface area contributed by atoms with E-state index in [1.165, 1.54) is 38.4 Å². The topological polar surface area (TPSA) is 6.48 Å². The molecular formula is C13H28N2S. The normalized spacial score (nSPS) is 25.3. The first kappa shape index (κ1) is 14.3. The van der Waals surface area contributed by atoms with E-state index in [4.69, 9.17) is 0 Å². The minimum absolute atomic E-state index is 0.633. The molecule has 96 valence electrons. The molecule has 2 aliphatic heterocycles. The zero-order valence-electron chi connectivity index (χ0n) is 11.6. The van der Waals surface area contributed by atoms with Gasteiger partial charge in [0, 0.05) is 37.3 Å². The molecule has 2 nitrogen and oxygen atoms in total. The van der Waals surface area contributed by atoms with E-state index >= 15 is 0 Å². The molecule has 0 amide bonds. The Morgan fingerprint density at radius 2 is 1.75 bits per heavy atom. The van der Waals surface area contributed by atoms with Crippen molar-refractivity contribution in [2.75, 3.05) is 52.3 Å². The SMILES string of the molecule is CCC1CN(C)C1.CSCC1(C)CN(C)C1. The molecule has 0 saturated carbocycles. The number of nitrogens with zero attached hydrogens (tertiary/aromatic N) is 2. The van der Waals surface area contributed by atoms with Crippen molar-refractivity contribution in [3.63, 3.8) is 0 Å². The van der Waals surface area contributed by atoms with E-state index in [1.807, 2.05) is 11.8 Å². The molecule has 2 saturated heterocycles. The molecule has 2 rings (SSSR count). The van der Waals surface area contributed by atoms with Crippen molar-refractivity contribution in [2.45, 2.75) is 20.3 Å². The van der Waals surface area contributed by atoms with Crippen molar-refractivity contribution in [3.8, 4) is 0 Å². The Kier molecular flexibility index (Phi) is 5.62. The summed E-state index contributed by atoms with van der Waals surface area (Å²) in [5.41, 5.74) is 0.633. The Hall–Kier alpha value is 0.270. The molecule has 2 heterocycles. The van der Waals surface area contributed by atoms with Crippen LogP contribution in [-0.2, 0) is 0 Å². The van der Waals surface area contributed by atoms with E-state index in [0.717, 1.165) is 5.92 Å². The average Bonchev–Trinajstić information content (AvgIpc) is 2.12. The minimum Gasteiger partial charge on any atom is -0.306 e. The molecule has 0 aromatic heterocycles. The summed E-state index contributed by atoms with van der Waals surface area (Å²) in [6, 6.07) is 0. The Morgan fingerprint density at radius 1 is 1.19 bits per heavy atom. The third kappa shape index (κ3) is 4.27. The highest BCUT2D eigenvalue weighted by Crippen LogP contribution is 2.30. The molecule has 0 radical (unpaired) electrons. The molecule has 0 unspecified atom stereocenters. The van der Waals surface area contributed by atoms with Crippen molar-refractivity contribution < 1.29 is 0 Å². The van der Waals surface area contributed by atoms with Gasteiger partial charge in [-0.2, -0.15) is 11.8 Å². The van der Waals surface area contributed by atoms with Crippen LogP contribution in [0, 0.1) is 11.3 Å². The molecular weight excluding hydrogens is 216 g/mol. The van der Waals surface area contributed by atoms with Gasteiger partial charge in [-0.25, -0.2) is 0 Å². The summed E-state index contributed by atoms with van der Waals surface area (Å²) in [4.78, 5) is 4.73. The highest BCUT2D eigenvalue weighted by molar-refractivity contribution is 7.98. The smallest absolute Gasteiger partial charge is 0.00527 e. The van der Waals surface area contributed by atoms with E-state index in [1.54, 1.807) is 0 Å². The second-order valence-electron chi connectivity index (χ2n) is 5.91. The maximum Gasteiger partial charge on any atom is 0.00527 e. The van der Waals surface area contributed by atoms with Crippen LogP contribution in [0.3, 0.4) is 0 Å². The predicted octanol–water partition coefficient (Wildman–Crippen LogP) is 2.26. The van der Waals surface area contributed by atoms with E-state index in [-0.39, 0.29) is 0 Å². The van der Waals surface area contributed by atoms with Crippen molar-refractivity contribution in [1.29, 1.82) is 0 Å². The van der Waals surface area contributed by atoms with Gasteiger partial charge in [-0.3, -0.25) is 0 Å². The molecule has 0 N–H and O–H groups in total. The van der Waals surface area contributed by atoms with Gasteiger partial charge in [-0.1, -0.05) is 20.3 Å². The zero-order chi connectivity index (χ0) is 12.2. The van der Waals surface area contributed by atoms with Crippen LogP contribution in [0.5, 0.6) is 0 Å². The van der Waals surface area contributed by atoms with E-state index < -0.39 is 0 Å². The summed E-state index contributed by atoms with van der Waals surface area (Å²) in [6.45, 7) is 9.86. The summed E-state index contributed by atoms with van der Waals surface area (Å²) in [6.07, 6.45) is 3.55. The van der Waals surface area contributed by atoms with Crippen LogP contribution in [0.4, 0.5) is 0 Å². The highest BCUT2D eigenvalue weighted by Gasteiger charge is 2.35. The van der Waals surface area contributed by atoms with Crippen molar-refractivity contribution in [2.24, 2.45) is 11.3 Å². The van der Waals surface area contributed by atoms with Gasteiger partial charge in [-0.15, -0.1) is 0 Å². The Morgan fingerprint density at radius 3 is 2.00 bits per heavy atom. The molecule has 2 aliphatic rings. The number of likely N-dealkylation sites (tertiary alicyclic amines) is 2. The maximum atomic E-state index is 2.37. The fraction of sp³-hybridized carbons (Fsp3) is 1.00. The van der Waals surface area contributed by atoms with Gasteiger partial charge in [0.1, 0.15) is 0 Å². The summed E-state index contributed by atoms with van der Waals surface area (Å²) in [5, 5.41) is 0. The van der Waals surface area contributed by atoms with Gasteiger partial charge in [-0.05, 0) is 26.3 Å². The van der Waals surface area contributed by atoms with E-state index in [0.29, 0.717) is 5.41 Å². The Labute approximate surface area is 106 Å². The van der Waals surface area contributed by atoms with Crippen molar-refractivity contribution >= 4 is 11.8 Å². The largest absolute Gasteiger partial charge is 0.306 e. The Bertz CT molecular complexity index is 191. The first-order valence-corrected chi connectivity index (χ1v) is 7.74. The first-order valence-electron chi connectivity index (χ1n) is 6.35. The lowest BCUT2D eigenvalue weighted by Crippen LogP contribution is -2.53. The van der Waals surface area contributed by atoms with Crippen LogP contribution in [-0.4, -0.2) is 62.1 Å². The molecule has 16 heavy (non-hydrogen) atoms. The molecule has 0 bridgehead atoms. The van der Waals surface area contributed by atoms with Gasteiger partial charge in [0.2, 0.25) is 0 Å². The summed E-state index contributed by atoms with van der Waals surface area (Å²) in [5.74, 6) is 2.34. The third-order valence-electron chi connectivity index (χ3n) is 3.51. The lowest BCUT2D eigenvalue weighted by molar-refractivity contribution is 0.0614. The lowest BCUT2D eigenvalue weighted by Gasteiger charge is -2.45. The van der Waals surface area contributed by atoms with Crippen LogP contribution in [0.1, 0.15) is 20.3 Å². The van der Waals surface area contributed by atoms with E-state index in [9.17, 15) is 0 Å². The summed E-state index contributed by atoms with van der Waals surface area (Å²) >= 11 is 1.96. The van der Waals surface area contributed by atoms with Gasteiger partial charge in [0.15, 0.2) is 0 Å². The monoisotopic (exact) mass is 244 g/mol. The molecule has 0 spiro atoms. The fourth-order valence-corrected chi connectivity index (χ4v) is 3.66. The zero-order valence-corrected chi connectivity index (χ0v) is 12.4. The minimum atomic E-state index is 0.633. The molecule has 0 aromatic carbocycles. The van der Waals surface area contributed by atoms with Crippen LogP contribution < -0.4 is 0 Å². The second-order valence-corrected chi connectivity index (χ2v) is 6.78. The maximum absolute atomic E-state index is 2.37. The third-order valence-corrected chi connectivity index (χ3v) is 4.50. The van der Waals surface area contributed by atoms with Gasteiger partial charge in [0.05, 0.1) is 0 Å². The van der Waals surface area contributed by atoms with Gasteiger partial charge < -0.3 is 9.80 Å². The molecule has 2 fully saturated rings. The molecule has 0 aliphatic carbocycles. The number of hydrogen-bond acceptors (Lipinski definition) is 3. The standard InChI is InChI=1S/C7H15NS.C6H13N/c1-7(6-9-3)4-8(2)5-7;1-3-6-4-7(2)5-6/h4-6H2,1-3H3;6H,3-5H2,1-2H3. The quantitative estimate of drug-likeness (QED) is 0.752. The molecule has 3 heteroatoms. The van der Waals surface area contributed by atoms with Gasteiger partial charge >= 0.3 is 0 Å². The second kappa shape index (κ2) is 6.27. The van der Waals surface area contributed by atoms with Crippen LogP contribution >= 0.6 is 11.8 Å². The molecule has 0 aromatic rings. The summed E-state index contributed by atoms with van der Waals surface area (Å²) < 4.78 is 0. The Balaban J connectivity index is 0.000000165. The van der Waals surface area contributed by atoms with Crippen molar-refractivity contribution in [1.82, 2.24) is 9.80 Å². The van der Waals surface area contributed by atoms with Gasteiger partial charge in [0.25, 0.3) is 0 Å². The average molecular weight is 244 g/mol. The first-order chi connectivity index (χ1) is 7.49. The molecule has 0 atom stereocenters. The predicted molar refractivity (Wildman–Crippen MR) is 75.3 cm³/mol. The number of rotatable bonds is 3. The number of thioether (sulfide) groups is 1. The summed E-state index contributed by atoms with van der Waals surface area (Å²) in [7, 11) is 4.36. The van der Waals surface area contributed by atoms with Crippen molar-refractivity contribution in [3.05, 3.63) is 0 Å². The fourth-order valence-electron chi connectivity index (χ4n) is 2.78. The van der Waals surface area contributed by atoms with Crippen LogP contribution in [0.25, 0.3) is 0 Å². The highest BCUT2D eigenvalue weighted by atomic mass is 32.2. The van der Waals surface area contributed by atoms with Crippen LogP contribution in [0.2, 0.25) is 0 Å². The van der Waals surface area contributed by atoms with Crippen LogP contribution in [0.15, 0.2) is 0 Å². The lowest BCUT2D eigenvalue weighted by atomic mass is 9.85. The number of hydrogen-bond donors (Lipinski definition) is 0. The van der Waals surface area contributed by atoms with E-state index in [2.05, 4.69) is 44.0 Å².